The van der Waals surface area contributed by atoms with Crippen molar-refractivity contribution in [1.29, 1.82) is 0 Å². The Hall–Kier alpha value is -2.61. The van der Waals surface area contributed by atoms with E-state index in [0.29, 0.717) is 5.69 Å². The van der Waals surface area contributed by atoms with E-state index in [9.17, 15) is 14.4 Å². The van der Waals surface area contributed by atoms with Gasteiger partial charge in [0, 0.05) is 11.8 Å². The number of anilines is 1. The van der Waals surface area contributed by atoms with Gasteiger partial charge in [-0.1, -0.05) is 17.8 Å². The van der Waals surface area contributed by atoms with Crippen LogP contribution in [-0.4, -0.2) is 34.2 Å². The second-order valence-electron chi connectivity index (χ2n) is 6.38. The number of benzene rings is 1. The lowest BCUT2D eigenvalue weighted by Crippen LogP contribution is -2.23. The molecule has 3 rings (SSSR count). The number of carbonyl (C=O) groups excluding carboxylic acids is 2. The molecule has 1 aromatic heterocycles. The highest BCUT2D eigenvalue weighted by Gasteiger charge is 2.18. The number of carbonyl (C=O) groups is 2. The van der Waals surface area contributed by atoms with Gasteiger partial charge in [0.2, 0.25) is 5.91 Å². The average Bonchev–Trinajstić information content (AvgIpc) is 3.08. The highest BCUT2D eigenvalue weighted by Crippen LogP contribution is 2.26. The topological polar surface area (TPSA) is 101 Å². The van der Waals surface area contributed by atoms with Crippen LogP contribution in [0.3, 0.4) is 0 Å². The molecule has 8 heteroatoms. The third-order valence-corrected chi connectivity index (χ3v) is 5.33. The minimum Gasteiger partial charge on any atom is -0.469 e. The fourth-order valence-corrected chi connectivity index (χ4v) is 3.79. The molecule has 0 radical (unpaired) electrons. The molecule has 7 nitrogen and oxygen atoms in total. The number of esters is 1. The molecule has 1 aromatic carbocycles. The maximum atomic E-state index is 12.5. The first-order chi connectivity index (χ1) is 12.9. The molecule has 0 unspecified atom stereocenters. The van der Waals surface area contributed by atoms with Crippen LogP contribution in [0.4, 0.5) is 5.69 Å². The molecule has 0 bridgehead atoms. The maximum absolute atomic E-state index is 12.5. The molecule has 27 heavy (non-hydrogen) atoms. The Morgan fingerprint density at radius 3 is 2.85 bits per heavy atom. The van der Waals surface area contributed by atoms with Gasteiger partial charge < -0.3 is 15.0 Å². The van der Waals surface area contributed by atoms with Gasteiger partial charge in [0.15, 0.2) is 5.16 Å². The van der Waals surface area contributed by atoms with E-state index >= 15 is 0 Å². The minimum absolute atomic E-state index is 0.0936. The highest BCUT2D eigenvalue weighted by molar-refractivity contribution is 8.00. The number of ether oxygens (including phenoxy) is 1. The summed E-state index contributed by atoms with van der Waals surface area (Å²) in [6, 6.07) is 7.24. The lowest BCUT2D eigenvalue weighted by atomic mass is 10.1. The Bertz CT molecular complexity index is 925. The van der Waals surface area contributed by atoms with Crippen LogP contribution in [0, 0.1) is 0 Å². The first-order valence-electron chi connectivity index (χ1n) is 8.71. The molecular weight excluding hydrogens is 366 g/mol. The maximum Gasteiger partial charge on any atom is 0.311 e. The molecule has 2 N–H and O–H groups in total. The number of aromatic nitrogens is 2. The van der Waals surface area contributed by atoms with Gasteiger partial charge in [0.25, 0.3) is 5.56 Å². The Morgan fingerprint density at radius 2 is 2.07 bits per heavy atom. The summed E-state index contributed by atoms with van der Waals surface area (Å²) in [6.45, 7) is 1.74. The van der Waals surface area contributed by atoms with E-state index in [-0.39, 0.29) is 23.0 Å². The zero-order chi connectivity index (χ0) is 19.4. The van der Waals surface area contributed by atoms with E-state index in [0.717, 1.165) is 36.7 Å². The van der Waals surface area contributed by atoms with Crippen molar-refractivity contribution in [3.63, 3.8) is 0 Å². The second-order valence-corrected chi connectivity index (χ2v) is 7.71. The summed E-state index contributed by atoms with van der Waals surface area (Å²) in [5.41, 5.74) is 3.33. The SMILES string of the molecule is COC(=O)Cc1cc(=O)[nH]c(S[C@@H](C)C(=O)Nc2ccc3c(c2)CCC3)n1. The van der Waals surface area contributed by atoms with Gasteiger partial charge in [-0.15, -0.1) is 0 Å². The molecular formula is C19H21N3O4S. The third-order valence-electron chi connectivity index (χ3n) is 4.35. The molecule has 1 aliphatic carbocycles. The number of nitrogens with zero attached hydrogens (tertiary/aromatic N) is 1. The third kappa shape index (κ3) is 4.97. The van der Waals surface area contributed by atoms with Gasteiger partial charge in [-0.2, -0.15) is 0 Å². The number of thioether (sulfide) groups is 1. The normalized spacial score (nSPS) is 13.7. The predicted molar refractivity (Wildman–Crippen MR) is 103 cm³/mol. The molecule has 1 amide bonds. The summed E-state index contributed by atoms with van der Waals surface area (Å²) in [5.74, 6) is -0.662. The quantitative estimate of drug-likeness (QED) is 0.447. The van der Waals surface area contributed by atoms with Crippen molar-refractivity contribution in [2.75, 3.05) is 12.4 Å². The molecule has 1 aliphatic rings. The van der Waals surface area contributed by atoms with Crippen LogP contribution in [0.5, 0.6) is 0 Å². The summed E-state index contributed by atoms with van der Waals surface area (Å²) in [6.07, 6.45) is 3.20. The number of H-pyrrole nitrogens is 1. The van der Waals surface area contributed by atoms with E-state index < -0.39 is 11.2 Å². The van der Waals surface area contributed by atoms with Crippen LogP contribution in [-0.2, 0) is 33.6 Å². The van der Waals surface area contributed by atoms with Crippen molar-refractivity contribution in [3.8, 4) is 0 Å². The summed E-state index contributed by atoms with van der Waals surface area (Å²) < 4.78 is 4.59. The fourth-order valence-electron chi connectivity index (χ4n) is 2.96. The van der Waals surface area contributed by atoms with Crippen molar-refractivity contribution in [1.82, 2.24) is 9.97 Å². The monoisotopic (exact) mass is 387 g/mol. The molecule has 0 aliphatic heterocycles. The van der Waals surface area contributed by atoms with Crippen LogP contribution < -0.4 is 10.9 Å². The van der Waals surface area contributed by atoms with Crippen molar-refractivity contribution < 1.29 is 14.3 Å². The number of methoxy groups -OCH3 is 1. The Morgan fingerprint density at radius 1 is 1.30 bits per heavy atom. The van der Waals surface area contributed by atoms with Crippen LogP contribution in [0.25, 0.3) is 0 Å². The van der Waals surface area contributed by atoms with Crippen molar-refractivity contribution in [3.05, 3.63) is 51.4 Å². The summed E-state index contributed by atoms with van der Waals surface area (Å²) >= 11 is 1.13. The van der Waals surface area contributed by atoms with E-state index in [4.69, 9.17) is 0 Å². The van der Waals surface area contributed by atoms with Crippen LogP contribution in [0.15, 0.2) is 34.2 Å². The molecule has 0 saturated heterocycles. The van der Waals surface area contributed by atoms with Crippen LogP contribution in [0.2, 0.25) is 0 Å². The number of aromatic amines is 1. The van der Waals surface area contributed by atoms with Gasteiger partial charge in [0.1, 0.15) is 0 Å². The largest absolute Gasteiger partial charge is 0.469 e. The first kappa shape index (κ1) is 19.2. The summed E-state index contributed by atoms with van der Waals surface area (Å²) in [5, 5.41) is 2.72. The number of hydrogen-bond acceptors (Lipinski definition) is 6. The predicted octanol–water partition coefficient (Wildman–Crippen LogP) is 2.09. The molecule has 142 valence electrons. The van der Waals surface area contributed by atoms with Gasteiger partial charge in [0.05, 0.1) is 24.5 Å². The van der Waals surface area contributed by atoms with Crippen molar-refractivity contribution >= 4 is 29.3 Å². The lowest BCUT2D eigenvalue weighted by molar-refractivity contribution is -0.139. The molecule has 0 saturated carbocycles. The molecule has 0 spiro atoms. The van der Waals surface area contributed by atoms with E-state index in [1.807, 2.05) is 12.1 Å². The van der Waals surface area contributed by atoms with E-state index in [2.05, 4.69) is 26.1 Å². The summed E-state index contributed by atoms with van der Waals surface area (Å²) in [4.78, 5) is 42.4. The number of nitrogens with one attached hydrogen (secondary N) is 2. The first-order valence-corrected chi connectivity index (χ1v) is 9.59. The number of amides is 1. The molecule has 1 atom stereocenters. The standard InChI is InChI=1S/C19H21N3O4S/c1-11(18(25)20-14-7-6-12-4-3-5-13(12)8-14)27-19-21-15(9-16(23)22-19)10-17(24)26-2/h6-9,11H,3-5,10H2,1-2H3,(H,20,25)(H,21,22,23)/t11-/m0/s1. The lowest BCUT2D eigenvalue weighted by Gasteiger charge is -2.12. The van der Waals surface area contributed by atoms with Crippen molar-refractivity contribution in [2.45, 2.75) is 43.0 Å². The van der Waals surface area contributed by atoms with E-state index in [1.54, 1.807) is 6.92 Å². The number of fused-ring (bicyclic) bond motifs is 1. The van der Waals surface area contributed by atoms with Gasteiger partial charge in [-0.25, -0.2) is 4.98 Å². The number of rotatable bonds is 6. The molecule has 2 aromatic rings. The second kappa shape index (κ2) is 8.39. The van der Waals surface area contributed by atoms with Crippen LogP contribution >= 0.6 is 11.8 Å². The zero-order valence-corrected chi connectivity index (χ0v) is 16.0. The van der Waals surface area contributed by atoms with Gasteiger partial charge in [-0.05, 0) is 49.4 Å². The summed E-state index contributed by atoms with van der Waals surface area (Å²) in [7, 11) is 1.27. The van der Waals surface area contributed by atoms with Gasteiger partial charge in [-0.3, -0.25) is 14.4 Å². The Labute approximate surface area is 160 Å². The average molecular weight is 387 g/mol. The fraction of sp³-hybridized carbons (Fsp3) is 0.368. The number of hydrogen-bond donors (Lipinski definition) is 2. The minimum atomic E-state index is -0.480. The van der Waals surface area contributed by atoms with Gasteiger partial charge >= 0.3 is 5.97 Å². The van der Waals surface area contributed by atoms with Crippen molar-refractivity contribution in [2.24, 2.45) is 0 Å². The molecule has 1 heterocycles. The number of aryl methyl sites for hydroxylation is 2. The Balaban J connectivity index is 1.65. The smallest absolute Gasteiger partial charge is 0.311 e. The van der Waals surface area contributed by atoms with E-state index in [1.165, 1.54) is 24.3 Å². The molecule has 0 fully saturated rings. The van der Waals surface area contributed by atoms with Crippen LogP contribution in [0.1, 0.15) is 30.2 Å². The Kier molecular flexibility index (Phi) is 5.95. The zero-order valence-electron chi connectivity index (χ0n) is 15.2. The highest BCUT2D eigenvalue weighted by atomic mass is 32.2.